The maximum absolute atomic E-state index is 5.25. The van der Waals surface area contributed by atoms with Crippen LogP contribution in [0.15, 0.2) is 27.3 Å². The average Bonchev–Trinajstić information content (AvgIpc) is 2.94. The van der Waals surface area contributed by atoms with Gasteiger partial charge in [-0.3, -0.25) is 0 Å². The molecule has 2 aromatic rings. The first-order valence-electron chi connectivity index (χ1n) is 6.04. The predicted molar refractivity (Wildman–Crippen MR) is 68.0 cm³/mol. The van der Waals surface area contributed by atoms with Crippen molar-refractivity contribution in [2.75, 3.05) is 7.05 Å². The van der Waals surface area contributed by atoms with Crippen molar-refractivity contribution >= 4 is 0 Å². The summed E-state index contributed by atoms with van der Waals surface area (Å²) in [4.78, 5) is 4.34. The summed E-state index contributed by atoms with van der Waals surface area (Å²) < 4.78 is 10.5. The molecule has 1 atom stereocenters. The lowest BCUT2D eigenvalue weighted by Gasteiger charge is -2.29. The van der Waals surface area contributed by atoms with Crippen LogP contribution in [0.25, 0.3) is 11.6 Å². The summed E-state index contributed by atoms with van der Waals surface area (Å²) in [5, 5.41) is 7.20. The Bertz CT molecular complexity index is 483. The van der Waals surface area contributed by atoms with E-state index in [1.165, 1.54) is 0 Å². The minimum absolute atomic E-state index is 0.133. The molecule has 0 spiro atoms. The van der Waals surface area contributed by atoms with E-state index in [1.54, 1.807) is 12.3 Å². The number of hydrogen-bond acceptors (Lipinski definition) is 5. The molecule has 0 bridgehead atoms. The Kier molecular flexibility index (Phi) is 3.52. The van der Waals surface area contributed by atoms with Gasteiger partial charge in [0.05, 0.1) is 6.26 Å². The van der Waals surface area contributed by atoms with Crippen molar-refractivity contribution in [3.63, 3.8) is 0 Å². The van der Waals surface area contributed by atoms with E-state index in [0.29, 0.717) is 23.9 Å². The van der Waals surface area contributed by atoms with Crippen molar-refractivity contribution in [1.29, 1.82) is 0 Å². The van der Waals surface area contributed by atoms with Gasteiger partial charge in [-0.1, -0.05) is 25.9 Å². The van der Waals surface area contributed by atoms with Crippen LogP contribution < -0.4 is 5.32 Å². The summed E-state index contributed by atoms with van der Waals surface area (Å²) >= 11 is 0. The van der Waals surface area contributed by atoms with E-state index in [9.17, 15) is 0 Å². The summed E-state index contributed by atoms with van der Waals surface area (Å²) in [5.74, 6) is 1.75. The van der Waals surface area contributed by atoms with Crippen molar-refractivity contribution in [2.45, 2.75) is 33.2 Å². The van der Waals surface area contributed by atoms with E-state index < -0.39 is 0 Å². The predicted octanol–water partition coefficient (Wildman–Crippen LogP) is 2.51. The quantitative estimate of drug-likeness (QED) is 0.902. The molecule has 2 aromatic heterocycles. The van der Waals surface area contributed by atoms with Crippen molar-refractivity contribution in [2.24, 2.45) is 5.41 Å². The highest BCUT2D eigenvalue weighted by Gasteiger charge is 2.25. The third-order valence-electron chi connectivity index (χ3n) is 2.98. The van der Waals surface area contributed by atoms with E-state index in [-0.39, 0.29) is 11.5 Å². The number of hydrogen-bond donors (Lipinski definition) is 1. The van der Waals surface area contributed by atoms with E-state index in [1.807, 2.05) is 13.1 Å². The molecule has 98 valence electrons. The lowest BCUT2D eigenvalue weighted by atomic mass is 9.85. The molecule has 1 N–H and O–H groups in total. The topological polar surface area (TPSA) is 64.1 Å². The molecule has 2 rings (SSSR count). The Morgan fingerprint density at radius 1 is 1.39 bits per heavy atom. The molecular formula is C13H19N3O2. The Labute approximate surface area is 107 Å². The smallest absolute Gasteiger partial charge is 0.238 e. The number of aromatic nitrogens is 2. The van der Waals surface area contributed by atoms with Crippen molar-refractivity contribution in [3.8, 4) is 11.6 Å². The molecule has 0 aromatic carbocycles. The fraction of sp³-hybridized carbons (Fsp3) is 0.538. The van der Waals surface area contributed by atoms with Crippen molar-refractivity contribution in [3.05, 3.63) is 24.3 Å². The van der Waals surface area contributed by atoms with E-state index in [4.69, 9.17) is 8.94 Å². The summed E-state index contributed by atoms with van der Waals surface area (Å²) in [6.07, 6.45) is 2.30. The Hall–Kier alpha value is -1.62. The van der Waals surface area contributed by atoms with Crippen molar-refractivity contribution in [1.82, 2.24) is 15.5 Å². The van der Waals surface area contributed by atoms with Gasteiger partial charge in [0.2, 0.25) is 11.7 Å². The van der Waals surface area contributed by atoms with Gasteiger partial charge in [-0.2, -0.15) is 4.98 Å². The van der Waals surface area contributed by atoms with Crippen LogP contribution in [0, 0.1) is 5.41 Å². The molecule has 0 saturated carbocycles. The van der Waals surface area contributed by atoms with Gasteiger partial charge in [0, 0.05) is 12.5 Å². The van der Waals surface area contributed by atoms with Gasteiger partial charge in [0.25, 0.3) is 0 Å². The minimum Gasteiger partial charge on any atom is -0.461 e. The Balaban J connectivity index is 2.11. The highest BCUT2D eigenvalue weighted by Crippen LogP contribution is 2.23. The van der Waals surface area contributed by atoms with Crippen LogP contribution in [-0.4, -0.2) is 23.2 Å². The van der Waals surface area contributed by atoms with Crippen LogP contribution in [0.2, 0.25) is 0 Å². The van der Waals surface area contributed by atoms with E-state index in [0.717, 1.165) is 0 Å². The molecule has 1 unspecified atom stereocenters. The average molecular weight is 249 g/mol. The normalized spacial score (nSPS) is 13.8. The molecule has 5 nitrogen and oxygen atoms in total. The van der Waals surface area contributed by atoms with E-state index >= 15 is 0 Å². The van der Waals surface area contributed by atoms with Crippen molar-refractivity contribution < 1.29 is 8.94 Å². The van der Waals surface area contributed by atoms with Crippen LogP contribution in [0.3, 0.4) is 0 Å². The van der Waals surface area contributed by atoms with Crippen LogP contribution in [0.1, 0.15) is 26.7 Å². The largest absolute Gasteiger partial charge is 0.461 e. The second-order valence-electron chi connectivity index (χ2n) is 5.40. The van der Waals surface area contributed by atoms with Gasteiger partial charge in [0.1, 0.15) is 0 Å². The Morgan fingerprint density at radius 3 is 2.72 bits per heavy atom. The lowest BCUT2D eigenvalue weighted by molar-refractivity contribution is 0.255. The van der Waals surface area contributed by atoms with Gasteiger partial charge in [-0.25, -0.2) is 0 Å². The molecule has 0 fully saturated rings. The zero-order valence-corrected chi connectivity index (χ0v) is 11.2. The monoisotopic (exact) mass is 249 g/mol. The zero-order chi connectivity index (χ0) is 13.2. The molecule has 0 aliphatic heterocycles. The molecule has 5 heteroatoms. The first-order chi connectivity index (χ1) is 8.50. The summed E-state index contributed by atoms with van der Waals surface area (Å²) in [6, 6.07) is 3.90. The second-order valence-corrected chi connectivity index (χ2v) is 5.40. The molecule has 0 radical (unpaired) electrons. The molecule has 2 heterocycles. The summed E-state index contributed by atoms with van der Waals surface area (Å²) in [7, 11) is 1.94. The van der Waals surface area contributed by atoms with Gasteiger partial charge in [-0.15, -0.1) is 0 Å². The molecule has 0 aliphatic carbocycles. The lowest BCUT2D eigenvalue weighted by Crippen LogP contribution is -2.39. The molecule has 0 amide bonds. The maximum Gasteiger partial charge on any atom is 0.238 e. The number of nitrogens with zero attached hydrogens (tertiary/aromatic N) is 2. The molecule has 0 aliphatic rings. The van der Waals surface area contributed by atoms with Crippen LogP contribution in [0.4, 0.5) is 0 Å². The summed E-state index contributed by atoms with van der Waals surface area (Å²) in [5.41, 5.74) is 0.133. The van der Waals surface area contributed by atoms with Crippen LogP contribution in [-0.2, 0) is 6.42 Å². The second kappa shape index (κ2) is 4.94. The molecule has 18 heavy (non-hydrogen) atoms. The van der Waals surface area contributed by atoms with Gasteiger partial charge < -0.3 is 14.3 Å². The fourth-order valence-electron chi connectivity index (χ4n) is 1.86. The maximum atomic E-state index is 5.25. The first kappa shape index (κ1) is 12.8. The number of furan rings is 1. The van der Waals surface area contributed by atoms with Gasteiger partial charge >= 0.3 is 0 Å². The first-order valence-corrected chi connectivity index (χ1v) is 6.04. The number of nitrogens with one attached hydrogen (secondary N) is 1. The molecule has 0 saturated heterocycles. The zero-order valence-electron chi connectivity index (χ0n) is 11.2. The third kappa shape index (κ3) is 2.79. The Morgan fingerprint density at radius 2 is 2.17 bits per heavy atom. The van der Waals surface area contributed by atoms with Gasteiger partial charge in [0.15, 0.2) is 5.76 Å². The van der Waals surface area contributed by atoms with Crippen LogP contribution >= 0.6 is 0 Å². The highest BCUT2D eigenvalue weighted by molar-refractivity contribution is 5.44. The third-order valence-corrected chi connectivity index (χ3v) is 2.98. The van der Waals surface area contributed by atoms with Gasteiger partial charge in [-0.05, 0) is 24.6 Å². The minimum atomic E-state index is 0.133. The van der Waals surface area contributed by atoms with Crippen LogP contribution in [0.5, 0.6) is 0 Å². The SMILES string of the molecule is CNC(Cc1nc(-c2ccco2)no1)C(C)(C)C. The highest BCUT2D eigenvalue weighted by atomic mass is 16.5. The number of likely N-dealkylation sites (N-methyl/N-ethyl adjacent to an activating group) is 1. The summed E-state index contributed by atoms with van der Waals surface area (Å²) in [6.45, 7) is 6.54. The molecular weight excluding hydrogens is 230 g/mol. The standard InChI is InChI=1S/C13H19N3O2/c1-13(2,3)10(14-4)8-11-15-12(16-18-11)9-6-5-7-17-9/h5-7,10,14H,8H2,1-4H3. The fourth-order valence-corrected chi connectivity index (χ4v) is 1.86. The number of rotatable bonds is 4. The van der Waals surface area contributed by atoms with E-state index in [2.05, 4.69) is 36.2 Å².